The topological polar surface area (TPSA) is 0 Å². The summed E-state index contributed by atoms with van der Waals surface area (Å²) in [6, 6.07) is 4.15. The summed E-state index contributed by atoms with van der Waals surface area (Å²) >= 11 is 0. The van der Waals surface area contributed by atoms with Crippen LogP contribution in [0.4, 0.5) is 22.0 Å². The summed E-state index contributed by atoms with van der Waals surface area (Å²) in [4.78, 5) is 0. The predicted octanol–water partition coefficient (Wildman–Crippen LogP) is 3.85. The minimum atomic E-state index is -1.26. The number of benzene rings is 2. The molecular weight excluding hydrogens is 239 g/mol. The molecule has 0 aliphatic heterocycles. The van der Waals surface area contributed by atoms with Crippen LogP contribution in [0.1, 0.15) is 0 Å². The van der Waals surface area contributed by atoms with Crippen molar-refractivity contribution in [2.24, 2.45) is 0 Å². The van der Waals surface area contributed by atoms with Crippen LogP contribution in [0, 0.1) is 35.2 Å². The SMILES string of the molecule is Fc1[c]c(F)c(-c2c(F)cc(F)cc2F)cc1. The molecule has 1 radical (unpaired) electrons. The van der Waals surface area contributed by atoms with Crippen molar-refractivity contribution in [1.29, 1.82) is 0 Å². The van der Waals surface area contributed by atoms with E-state index in [-0.39, 0.29) is 0 Å². The molecule has 0 N–H and O–H groups in total. The third-order valence-electron chi connectivity index (χ3n) is 2.14. The first-order valence-corrected chi connectivity index (χ1v) is 4.51. The van der Waals surface area contributed by atoms with Crippen LogP contribution >= 0.6 is 0 Å². The van der Waals surface area contributed by atoms with E-state index >= 15 is 0 Å². The molecule has 0 atom stereocenters. The van der Waals surface area contributed by atoms with Gasteiger partial charge in [-0.05, 0) is 12.1 Å². The molecule has 0 spiro atoms. The lowest BCUT2D eigenvalue weighted by Crippen LogP contribution is -1.95. The molecule has 0 saturated heterocycles. The van der Waals surface area contributed by atoms with E-state index in [0.29, 0.717) is 12.1 Å². The van der Waals surface area contributed by atoms with Gasteiger partial charge in [-0.25, -0.2) is 22.0 Å². The van der Waals surface area contributed by atoms with Crippen LogP contribution in [0.2, 0.25) is 0 Å². The third kappa shape index (κ3) is 2.13. The van der Waals surface area contributed by atoms with E-state index in [4.69, 9.17) is 0 Å². The molecule has 0 heterocycles. The Morgan fingerprint density at radius 2 is 1.41 bits per heavy atom. The second kappa shape index (κ2) is 4.16. The van der Waals surface area contributed by atoms with Crippen molar-refractivity contribution in [1.82, 2.24) is 0 Å². The number of hydrogen-bond acceptors (Lipinski definition) is 0. The van der Waals surface area contributed by atoms with E-state index in [2.05, 4.69) is 0 Å². The normalized spacial score (nSPS) is 10.6. The molecule has 0 fully saturated rings. The van der Waals surface area contributed by atoms with Crippen molar-refractivity contribution in [3.63, 3.8) is 0 Å². The first-order valence-electron chi connectivity index (χ1n) is 4.51. The van der Waals surface area contributed by atoms with Gasteiger partial charge in [0, 0.05) is 17.7 Å². The van der Waals surface area contributed by atoms with Crippen LogP contribution in [0.3, 0.4) is 0 Å². The zero-order valence-electron chi connectivity index (χ0n) is 8.20. The lowest BCUT2D eigenvalue weighted by atomic mass is 10.0. The van der Waals surface area contributed by atoms with Gasteiger partial charge in [-0.2, -0.15) is 0 Å². The Balaban J connectivity index is 2.68. The maximum absolute atomic E-state index is 13.3. The highest BCUT2D eigenvalue weighted by Crippen LogP contribution is 2.29. The van der Waals surface area contributed by atoms with Gasteiger partial charge in [0.1, 0.15) is 29.1 Å². The summed E-state index contributed by atoms with van der Waals surface area (Å²) in [6.07, 6.45) is 0. The molecule has 17 heavy (non-hydrogen) atoms. The lowest BCUT2D eigenvalue weighted by Gasteiger charge is -2.06. The molecule has 0 aromatic heterocycles. The molecule has 2 aromatic rings. The minimum Gasteiger partial charge on any atom is -0.207 e. The quantitative estimate of drug-likeness (QED) is 0.667. The molecule has 0 amide bonds. The molecule has 0 nitrogen and oxygen atoms in total. The molecule has 5 heteroatoms. The van der Waals surface area contributed by atoms with Gasteiger partial charge in [-0.1, -0.05) is 0 Å². The Morgan fingerprint density at radius 3 is 1.94 bits per heavy atom. The van der Waals surface area contributed by atoms with Crippen molar-refractivity contribution in [3.05, 3.63) is 59.4 Å². The monoisotopic (exact) mass is 243 g/mol. The molecule has 87 valence electrons. The van der Waals surface area contributed by atoms with Crippen LogP contribution in [0.15, 0.2) is 24.3 Å². The Morgan fingerprint density at radius 1 is 0.824 bits per heavy atom. The van der Waals surface area contributed by atoms with E-state index in [1.54, 1.807) is 6.07 Å². The predicted molar refractivity (Wildman–Crippen MR) is 50.5 cm³/mol. The first kappa shape index (κ1) is 11.6. The minimum absolute atomic E-state index is 0.418. The van der Waals surface area contributed by atoms with Crippen LogP contribution in [-0.2, 0) is 0 Å². The van der Waals surface area contributed by atoms with Crippen LogP contribution in [0.25, 0.3) is 11.1 Å². The number of rotatable bonds is 1. The zero-order chi connectivity index (χ0) is 12.6. The Kier molecular flexibility index (Phi) is 2.83. The molecule has 0 aliphatic rings. The number of hydrogen-bond donors (Lipinski definition) is 0. The largest absolute Gasteiger partial charge is 0.207 e. The smallest absolute Gasteiger partial charge is 0.142 e. The van der Waals surface area contributed by atoms with E-state index in [1.165, 1.54) is 0 Å². The van der Waals surface area contributed by atoms with Gasteiger partial charge in [0.2, 0.25) is 0 Å². The highest BCUT2D eigenvalue weighted by molar-refractivity contribution is 5.65. The lowest BCUT2D eigenvalue weighted by molar-refractivity contribution is 0.542. The van der Waals surface area contributed by atoms with E-state index in [0.717, 1.165) is 12.1 Å². The van der Waals surface area contributed by atoms with Crippen molar-refractivity contribution in [3.8, 4) is 11.1 Å². The third-order valence-corrected chi connectivity index (χ3v) is 2.14. The molecular formula is C12H4F5. The summed E-state index contributed by atoms with van der Waals surface area (Å²) in [6.45, 7) is 0. The van der Waals surface area contributed by atoms with E-state index in [9.17, 15) is 22.0 Å². The van der Waals surface area contributed by atoms with Crippen molar-refractivity contribution < 1.29 is 22.0 Å². The summed E-state index contributed by atoms with van der Waals surface area (Å²) in [5.41, 5.74) is -1.26. The number of halogens is 5. The zero-order valence-corrected chi connectivity index (χ0v) is 8.20. The summed E-state index contributed by atoms with van der Waals surface area (Å²) < 4.78 is 65.2. The van der Waals surface area contributed by atoms with E-state index < -0.39 is 40.2 Å². The maximum atomic E-state index is 13.3. The van der Waals surface area contributed by atoms with Gasteiger partial charge < -0.3 is 0 Å². The van der Waals surface area contributed by atoms with Gasteiger partial charge in [0.25, 0.3) is 0 Å². The van der Waals surface area contributed by atoms with Gasteiger partial charge in [-0.3, -0.25) is 0 Å². The summed E-state index contributed by atoms with van der Waals surface area (Å²) in [5.74, 6) is -5.87. The van der Waals surface area contributed by atoms with Crippen molar-refractivity contribution >= 4 is 0 Å². The van der Waals surface area contributed by atoms with Gasteiger partial charge in [-0.15, -0.1) is 0 Å². The molecule has 0 bridgehead atoms. The summed E-state index contributed by atoms with van der Waals surface area (Å²) in [7, 11) is 0. The molecule has 2 rings (SSSR count). The van der Waals surface area contributed by atoms with Crippen molar-refractivity contribution in [2.45, 2.75) is 0 Å². The van der Waals surface area contributed by atoms with Crippen molar-refractivity contribution in [2.75, 3.05) is 0 Å². The molecule has 0 saturated carbocycles. The Hall–Kier alpha value is -1.91. The second-order valence-corrected chi connectivity index (χ2v) is 3.28. The highest BCUT2D eigenvalue weighted by atomic mass is 19.2. The molecule has 0 aliphatic carbocycles. The second-order valence-electron chi connectivity index (χ2n) is 3.28. The van der Waals surface area contributed by atoms with Crippen LogP contribution in [-0.4, -0.2) is 0 Å². The standard InChI is InChI=1S/C12H4F5/c13-6-1-2-8(9(15)3-6)12-10(16)4-7(14)5-11(12)17/h1-2,4-5H. The fraction of sp³-hybridized carbons (Fsp3) is 0. The molecule has 0 unspecified atom stereocenters. The van der Waals surface area contributed by atoms with Gasteiger partial charge in [0.15, 0.2) is 0 Å². The first-order chi connectivity index (χ1) is 7.99. The van der Waals surface area contributed by atoms with Crippen LogP contribution in [0.5, 0.6) is 0 Å². The Labute approximate surface area is 93.3 Å². The average molecular weight is 243 g/mol. The molecule has 2 aromatic carbocycles. The van der Waals surface area contributed by atoms with Crippen LogP contribution < -0.4 is 0 Å². The maximum Gasteiger partial charge on any atom is 0.142 e. The summed E-state index contributed by atoms with van der Waals surface area (Å²) in [5, 5.41) is 0. The Bertz CT molecular complexity index is 554. The highest BCUT2D eigenvalue weighted by Gasteiger charge is 2.17. The van der Waals surface area contributed by atoms with E-state index in [1.807, 2.05) is 0 Å². The fourth-order valence-corrected chi connectivity index (χ4v) is 1.44. The van der Waals surface area contributed by atoms with Gasteiger partial charge in [0.05, 0.1) is 11.6 Å². The fourth-order valence-electron chi connectivity index (χ4n) is 1.44. The average Bonchev–Trinajstić information content (AvgIpc) is 2.19. The van der Waals surface area contributed by atoms with Gasteiger partial charge >= 0.3 is 0 Å².